The molecule has 8 nitrogen and oxygen atoms in total. The summed E-state index contributed by atoms with van der Waals surface area (Å²) in [6.07, 6.45) is 0.328. The first-order valence-electron chi connectivity index (χ1n) is 13.3. The van der Waals surface area contributed by atoms with Crippen LogP contribution in [0, 0.1) is 0 Å². The van der Waals surface area contributed by atoms with Gasteiger partial charge in [-0.25, -0.2) is 26.7 Å². The molecule has 3 aliphatic rings. The van der Waals surface area contributed by atoms with E-state index in [-0.39, 0.29) is 25.4 Å². The van der Waals surface area contributed by atoms with Gasteiger partial charge < -0.3 is 14.5 Å². The Balaban J connectivity index is 1.35. The fourth-order valence-electron chi connectivity index (χ4n) is 5.47. The van der Waals surface area contributed by atoms with Crippen molar-refractivity contribution in [1.82, 2.24) is 14.5 Å². The summed E-state index contributed by atoms with van der Waals surface area (Å²) in [5, 5.41) is 0. The van der Waals surface area contributed by atoms with Gasteiger partial charge in [-0.15, -0.1) is 0 Å². The molecule has 0 radical (unpaired) electrons. The number of hydrogen-bond acceptors (Lipinski definition) is 5. The highest BCUT2D eigenvalue weighted by atomic mass is 32.2. The summed E-state index contributed by atoms with van der Waals surface area (Å²) in [4.78, 5) is 28.7. The zero-order valence-corrected chi connectivity index (χ0v) is 22.6. The van der Waals surface area contributed by atoms with Gasteiger partial charge in [0, 0.05) is 43.6 Å². The molecule has 2 aromatic carbocycles. The van der Waals surface area contributed by atoms with Crippen molar-refractivity contribution in [3.63, 3.8) is 0 Å². The second-order valence-electron chi connectivity index (χ2n) is 10.7. The number of nitrogens with one attached hydrogen (secondary N) is 1. The maximum atomic E-state index is 14.0. The number of alkyl halides is 2. The lowest BCUT2D eigenvalue weighted by Crippen LogP contribution is -2.51. The molecule has 2 aromatic rings. The van der Waals surface area contributed by atoms with Gasteiger partial charge in [-0.05, 0) is 30.4 Å². The topological polar surface area (TPSA) is 96.0 Å². The van der Waals surface area contributed by atoms with Crippen molar-refractivity contribution < 1.29 is 31.5 Å². The van der Waals surface area contributed by atoms with Crippen molar-refractivity contribution in [2.45, 2.75) is 62.6 Å². The maximum absolute atomic E-state index is 14.0. The molecular formula is C28H33F2N3O5S. The summed E-state index contributed by atoms with van der Waals surface area (Å²) in [5.41, 5.74) is 3.50. The number of hydrogen-bond donors (Lipinski definition) is 1. The fourth-order valence-corrected chi connectivity index (χ4v) is 7.16. The van der Waals surface area contributed by atoms with E-state index in [4.69, 9.17) is 4.74 Å². The van der Waals surface area contributed by atoms with Crippen molar-refractivity contribution in [1.29, 1.82) is 0 Å². The Morgan fingerprint density at radius 3 is 2.26 bits per heavy atom. The lowest BCUT2D eigenvalue weighted by Gasteiger charge is -2.35. The van der Waals surface area contributed by atoms with E-state index in [1.807, 2.05) is 48.5 Å². The summed E-state index contributed by atoms with van der Waals surface area (Å²) in [6.45, 7) is -0.548. The number of sulfonamides is 1. The van der Waals surface area contributed by atoms with E-state index >= 15 is 0 Å². The quantitative estimate of drug-likeness (QED) is 0.518. The lowest BCUT2D eigenvalue weighted by molar-refractivity contribution is -0.142. The van der Waals surface area contributed by atoms with Crippen molar-refractivity contribution in [2.75, 3.05) is 25.9 Å². The van der Waals surface area contributed by atoms with Gasteiger partial charge in [-0.1, -0.05) is 55.0 Å². The van der Waals surface area contributed by atoms with Crippen LogP contribution in [-0.2, 0) is 19.6 Å². The Bertz CT molecular complexity index is 1300. The maximum Gasteiger partial charge on any atom is 0.410 e. The third-order valence-electron chi connectivity index (χ3n) is 7.85. The van der Waals surface area contributed by atoms with Gasteiger partial charge in [0.1, 0.15) is 0 Å². The van der Waals surface area contributed by atoms with Crippen LogP contribution in [0.15, 0.2) is 48.5 Å². The van der Waals surface area contributed by atoms with E-state index in [1.54, 1.807) is 0 Å². The predicted molar refractivity (Wildman–Crippen MR) is 142 cm³/mol. The minimum Gasteiger partial charge on any atom is -0.436 e. The Labute approximate surface area is 227 Å². The van der Waals surface area contributed by atoms with Gasteiger partial charge in [0.15, 0.2) is 6.10 Å². The summed E-state index contributed by atoms with van der Waals surface area (Å²) < 4.78 is 62.5. The molecule has 210 valence electrons. The molecule has 1 heterocycles. The molecule has 0 aromatic heterocycles. The Morgan fingerprint density at radius 2 is 1.69 bits per heavy atom. The number of benzene rings is 2. The molecule has 0 unspecified atom stereocenters. The van der Waals surface area contributed by atoms with Crippen LogP contribution < -0.4 is 4.72 Å². The van der Waals surface area contributed by atoms with Crippen LogP contribution >= 0.6 is 0 Å². The molecule has 0 spiro atoms. The van der Waals surface area contributed by atoms with Gasteiger partial charge in [0.05, 0.1) is 18.3 Å². The normalized spacial score (nSPS) is 19.5. The number of likely N-dealkylation sites (tertiary alicyclic amines) is 1. The minimum absolute atomic E-state index is 0.156. The molecule has 2 aliphatic carbocycles. The highest BCUT2D eigenvalue weighted by molar-refractivity contribution is 7.89. The van der Waals surface area contributed by atoms with Crippen molar-refractivity contribution in [3.05, 3.63) is 59.7 Å². The van der Waals surface area contributed by atoms with Crippen LogP contribution in [0.5, 0.6) is 0 Å². The monoisotopic (exact) mass is 561 g/mol. The number of carbonyl (C=O) groups is 2. The van der Waals surface area contributed by atoms with Gasteiger partial charge in [-0.3, -0.25) is 4.79 Å². The molecule has 2 fully saturated rings. The van der Waals surface area contributed by atoms with Gasteiger partial charge in [0.2, 0.25) is 15.9 Å². The molecule has 1 aliphatic heterocycles. The average molecular weight is 562 g/mol. The number of amides is 2. The number of rotatable bonds is 8. The third-order valence-corrected chi connectivity index (χ3v) is 9.37. The molecule has 39 heavy (non-hydrogen) atoms. The molecule has 1 saturated heterocycles. The van der Waals surface area contributed by atoms with E-state index in [0.29, 0.717) is 0 Å². The number of nitrogens with zero attached hydrogens (tertiary/aromatic N) is 2. The van der Waals surface area contributed by atoms with E-state index in [0.717, 1.165) is 51.3 Å². The van der Waals surface area contributed by atoms with Crippen LogP contribution in [0.1, 0.15) is 55.8 Å². The minimum atomic E-state index is -3.86. The van der Waals surface area contributed by atoms with Gasteiger partial charge >= 0.3 is 6.09 Å². The van der Waals surface area contributed by atoms with Gasteiger partial charge in [0.25, 0.3) is 5.92 Å². The molecule has 2 amide bonds. The van der Waals surface area contributed by atoms with Crippen LogP contribution in [0.3, 0.4) is 0 Å². The van der Waals surface area contributed by atoms with Crippen molar-refractivity contribution >= 4 is 22.0 Å². The number of fused-ring (bicyclic) bond motifs is 3. The van der Waals surface area contributed by atoms with E-state index < -0.39 is 58.8 Å². The zero-order chi connectivity index (χ0) is 27.8. The first kappa shape index (κ1) is 27.5. The Kier molecular flexibility index (Phi) is 7.65. The number of ether oxygens (including phenoxy) is 1. The molecule has 1 N–H and O–H groups in total. The Hall–Kier alpha value is -3.05. The first-order chi connectivity index (χ1) is 18.5. The molecule has 1 saturated carbocycles. The van der Waals surface area contributed by atoms with Gasteiger partial charge in [-0.2, -0.15) is 0 Å². The summed E-state index contributed by atoms with van der Waals surface area (Å²) in [6, 6.07) is 13.9. The van der Waals surface area contributed by atoms with E-state index in [1.165, 1.54) is 7.05 Å². The molecular weight excluding hydrogens is 528 g/mol. The first-order valence-corrected chi connectivity index (χ1v) is 15.0. The highest BCUT2D eigenvalue weighted by Crippen LogP contribution is 2.45. The van der Waals surface area contributed by atoms with Crippen LogP contribution in [0.2, 0.25) is 0 Å². The van der Waals surface area contributed by atoms with Crippen molar-refractivity contribution in [2.24, 2.45) is 0 Å². The third kappa shape index (κ3) is 6.09. The molecule has 1 atom stereocenters. The lowest BCUT2D eigenvalue weighted by atomic mass is 9.94. The van der Waals surface area contributed by atoms with Crippen LogP contribution in [0.25, 0.3) is 11.1 Å². The summed E-state index contributed by atoms with van der Waals surface area (Å²) in [5.74, 6) is -4.15. The molecule has 5 rings (SSSR count). The second-order valence-corrected chi connectivity index (χ2v) is 12.5. The fraction of sp³-hybridized carbons (Fsp3) is 0.500. The number of halogens is 2. The Morgan fingerprint density at radius 1 is 1.08 bits per heavy atom. The summed E-state index contributed by atoms with van der Waals surface area (Å²) >= 11 is 0. The second kappa shape index (κ2) is 10.8. The van der Waals surface area contributed by atoms with E-state index in [2.05, 4.69) is 4.72 Å². The number of piperidine rings is 1. The van der Waals surface area contributed by atoms with E-state index in [9.17, 15) is 26.8 Å². The predicted octanol–water partition coefficient (Wildman–Crippen LogP) is 4.31. The average Bonchev–Trinajstić information content (AvgIpc) is 3.18. The standard InChI is InChI=1S/C28H33F2N3O5S/c1-32(27(35)38-26-23-12-4-2-10-21(23)22-11-3-5-13-24(22)26)20(17-39(36,37)31-19-8-6-9-19)16-25(34)33-15-7-14-28(29,30)18-33/h2-5,10-13,19-20,26,31H,6-9,14-18H2,1H3/t20-/m0/s1. The smallest absolute Gasteiger partial charge is 0.410 e. The van der Waals surface area contributed by atoms with Crippen molar-refractivity contribution in [3.8, 4) is 11.1 Å². The SMILES string of the molecule is CN(C(=O)OC1c2ccccc2-c2ccccc21)[C@@H](CC(=O)N1CCCC(F)(F)C1)CS(=O)(=O)NC1CCC1. The van der Waals surface area contributed by atoms with Crippen LogP contribution in [-0.4, -0.2) is 74.1 Å². The molecule has 0 bridgehead atoms. The molecule has 11 heteroatoms. The van der Waals surface area contributed by atoms with Crippen LogP contribution in [0.4, 0.5) is 13.6 Å². The highest BCUT2D eigenvalue weighted by Gasteiger charge is 2.40. The summed E-state index contributed by atoms with van der Waals surface area (Å²) in [7, 11) is -2.48. The number of carbonyl (C=O) groups excluding carboxylic acids is 2. The zero-order valence-electron chi connectivity index (χ0n) is 21.8. The largest absolute Gasteiger partial charge is 0.436 e.